The van der Waals surface area contributed by atoms with Crippen LogP contribution < -0.4 is 4.74 Å². The molecule has 0 amide bonds. The van der Waals surface area contributed by atoms with Crippen LogP contribution >= 0.6 is 0 Å². The van der Waals surface area contributed by atoms with Gasteiger partial charge in [-0.05, 0) is 58.4 Å². The molecule has 1 heterocycles. The van der Waals surface area contributed by atoms with E-state index in [0.717, 1.165) is 29.8 Å². The highest BCUT2D eigenvalue weighted by molar-refractivity contribution is 5.43. The van der Waals surface area contributed by atoms with E-state index in [9.17, 15) is 13.9 Å². The molecule has 0 saturated heterocycles. The molecule has 35 heavy (non-hydrogen) atoms. The van der Waals surface area contributed by atoms with Gasteiger partial charge in [0, 0.05) is 25.2 Å². The zero-order valence-electron chi connectivity index (χ0n) is 21.0. The molecule has 2 aromatic carbocycles. The third-order valence-corrected chi connectivity index (χ3v) is 5.88. The lowest BCUT2D eigenvalue weighted by atomic mass is 10.1. The number of ether oxygens (including phenoxy) is 2. The van der Waals surface area contributed by atoms with Crippen LogP contribution in [-0.4, -0.2) is 51.2 Å². The molecule has 3 aromatic rings. The summed E-state index contributed by atoms with van der Waals surface area (Å²) in [6, 6.07) is 12.8. The Hall–Kier alpha value is -2.81. The second-order valence-electron chi connectivity index (χ2n) is 9.02. The maximum atomic E-state index is 14.5. The lowest BCUT2D eigenvalue weighted by molar-refractivity contribution is -0.0150. The molecule has 6 nitrogen and oxygen atoms in total. The van der Waals surface area contributed by atoms with E-state index >= 15 is 0 Å². The van der Waals surface area contributed by atoms with E-state index in [1.807, 2.05) is 51.1 Å². The van der Waals surface area contributed by atoms with Crippen molar-refractivity contribution in [3.63, 3.8) is 0 Å². The molecular weight excluding hydrogens is 452 g/mol. The molecule has 2 unspecified atom stereocenters. The van der Waals surface area contributed by atoms with Crippen molar-refractivity contribution in [2.24, 2.45) is 0 Å². The Labute approximate surface area is 206 Å². The number of hydrogen-bond donors (Lipinski definition) is 1. The molecule has 0 aliphatic carbocycles. The molecule has 0 radical (unpaired) electrons. The second-order valence-corrected chi connectivity index (χ2v) is 9.02. The first-order chi connectivity index (χ1) is 16.7. The first kappa shape index (κ1) is 26.8. The van der Waals surface area contributed by atoms with Crippen LogP contribution in [0.25, 0.3) is 5.69 Å². The van der Waals surface area contributed by atoms with Crippen molar-refractivity contribution in [1.29, 1.82) is 0 Å². The van der Waals surface area contributed by atoms with Gasteiger partial charge in [0.1, 0.15) is 5.82 Å². The second kappa shape index (κ2) is 12.2. The number of rotatable bonds is 12. The van der Waals surface area contributed by atoms with Crippen molar-refractivity contribution in [2.75, 3.05) is 13.2 Å². The van der Waals surface area contributed by atoms with Crippen molar-refractivity contribution in [2.45, 2.75) is 65.8 Å². The summed E-state index contributed by atoms with van der Waals surface area (Å²) in [5.74, 6) is -1.22. The van der Waals surface area contributed by atoms with Crippen molar-refractivity contribution in [3.8, 4) is 17.3 Å². The topological polar surface area (TPSA) is 59.8 Å². The minimum Gasteiger partial charge on any atom is -0.435 e. The van der Waals surface area contributed by atoms with Crippen LogP contribution in [0, 0.1) is 18.6 Å². The Morgan fingerprint density at radius 3 is 2.43 bits per heavy atom. The number of para-hydroxylation sites is 1. The summed E-state index contributed by atoms with van der Waals surface area (Å²) >= 11 is 0. The number of aliphatic hydroxyl groups excluding tert-OH is 1. The number of hydrogen-bond acceptors (Lipinski definition) is 5. The average Bonchev–Trinajstić information content (AvgIpc) is 3.13. The summed E-state index contributed by atoms with van der Waals surface area (Å²) < 4.78 is 41.3. The standard InChI is InChI=1S/C27H35F2N3O3/c1-6-19(4)31(15-23(33)17-34-18(2)3)16-24-20(5)30-32(22-10-8-7-9-11-22)27(24)35-26-13-12-21(28)14-25(26)29/h7-14,18-19,23,33H,6,15-17H2,1-5H3. The summed E-state index contributed by atoms with van der Waals surface area (Å²) in [6.07, 6.45) is 0.223. The van der Waals surface area contributed by atoms with E-state index in [4.69, 9.17) is 9.47 Å². The predicted molar refractivity (Wildman–Crippen MR) is 132 cm³/mol. The highest BCUT2D eigenvalue weighted by atomic mass is 19.1. The molecule has 1 aromatic heterocycles. The quantitative estimate of drug-likeness (QED) is 0.358. The average molecular weight is 488 g/mol. The molecule has 2 atom stereocenters. The van der Waals surface area contributed by atoms with Crippen molar-refractivity contribution in [1.82, 2.24) is 14.7 Å². The van der Waals surface area contributed by atoms with Crippen molar-refractivity contribution in [3.05, 3.63) is 71.4 Å². The summed E-state index contributed by atoms with van der Waals surface area (Å²) in [5, 5.41) is 15.3. The highest BCUT2D eigenvalue weighted by Gasteiger charge is 2.25. The minimum absolute atomic E-state index is 0.0265. The number of benzene rings is 2. The molecule has 8 heteroatoms. The molecule has 0 saturated carbocycles. The molecule has 0 spiro atoms. The van der Waals surface area contributed by atoms with Crippen LogP contribution in [0.15, 0.2) is 48.5 Å². The SMILES string of the molecule is CCC(C)N(Cc1c(C)nn(-c2ccccc2)c1Oc1ccc(F)cc1F)CC(O)COC(C)C. The number of halogens is 2. The first-order valence-corrected chi connectivity index (χ1v) is 12.0. The normalized spacial score (nSPS) is 13.4. The Morgan fingerprint density at radius 2 is 1.80 bits per heavy atom. The van der Waals surface area contributed by atoms with Gasteiger partial charge in [-0.25, -0.2) is 13.5 Å². The van der Waals surface area contributed by atoms with Crippen LogP contribution in [0.3, 0.4) is 0 Å². The van der Waals surface area contributed by atoms with Gasteiger partial charge < -0.3 is 14.6 Å². The zero-order chi connectivity index (χ0) is 25.5. The van der Waals surface area contributed by atoms with Gasteiger partial charge in [-0.2, -0.15) is 5.10 Å². The van der Waals surface area contributed by atoms with Gasteiger partial charge in [0.25, 0.3) is 0 Å². The molecule has 0 bridgehead atoms. The fourth-order valence-corrected chi connectivity index (χ4v) is 3.72. The number of aryl methyl sites for hydroxylation is 1. The van der Waals surface area contributed by atoms with Gasteiger partial charge in [-0.15, -0.1) is 0 Å². The maximum absolute atomic E-state index is 14.5. The van der Waals surface area contributed by atoms with Gasteiger partial charge in [0.2, 0.25) is 5.88 Å². The van der Waals surface area contributed by atoms with E-state index in [1.54, 1.807) is 4.68 Å². The number of nitrogens with zero attached hydrogens (tertiary/aromatic N) is 3. The van der Waals surface area contributed by atoms with E-state index in [2.05, 4.69) is 23.8 Å². The Balaban J connectivity index is 1.99. The summed E-state index contributed by atoms with van der Waals surface area (Å²) in [4.78, 5) is 2.14. The smallest absolute Gasteiger partial charge is 0.227 e. The zero-order valence-corrected chi connectivity index (χ0v) is 21.0. The lowest BCUT2D eigenvalue weighted by Gasteiger charge is -2.30. The summed E-state index contributed by atoms with van der Waals surface area (Å²) in [6.45, 7) is 10.9. The maximum Gasteiger partial charge on any atom is 0.227 e. The monoisotopic (exact) mass is 487 g/mol. The van der Waals surface area contributed by atoms with E-state index < -0.39 is 17.7 Å². The van der Waals surface area contributed by atoms with Crippen molar-refractivity contribution >= 4 is 0 Å². The van der Waals surface area contributed by atoms with Crippen LogP contribution in [0.1, 0.15) is 45.4 Å². The molecule has 0 fully saturated rings. The molecular formula is C27H35F2N3O3. The summed E-state index contributed by atoms with van der Waals surface area (Å²) in [7, 11) is 0. The van der Waals surface area contributed by atoms with Gasteiger partial charge >= 0.3 is 0 Å². The third kappa shape index (κ3) is 7.10. The predicted octanol–water partition coefficient (Wildman–Crippen LogP) is 5.64. The fourth-order valence-electron chi connectivity index (χ4n) is 3.72. The van der Waals surface area contributed by atoms with Crippen LogP contribution in [0.4, 0.5) is 8.78 Å². The highest BCUT2D eigenvalue weighted by Crippen LogP contribution is 2.33. The van der Waals surface area contributed by atoms with Gasteiger partial charge in [-0.3, -0.25) is 4.90 Å². The molecule has 0 aliphatic heterocycles. The summed E-state index contributed by atoms with van der Waals surface area (Å²) in [5.41, 5.74) is 2.22. The lowest BCUT2D eigenvalue weighted by Crippen LogP contribution is -2.40. The minimum atomic E-state index is -0.797. The molecule has 0 aliphatic rings. The van der Waals surface area contributed by atoms with Crippen LogP contribution in [-0.2, 0) is 11.3 Å². The molecule has 1 N–H and O–H groups in total. The Morgan fingerprint density at radius 1 is 1.09 bits per heavy atom. The Kier molecular flexibility index (Phi) is 9.37. The first-order valence-electron chi connectivity index (χ1n) is 12.0. The van der Waals surface area contributed by atoms with E-state index in [-0.39, 0.29) is 24.5 Å². The molecule has 190 valence electrons. The number of aromatic nitrogens is 2. The largest absolute Gasteiger partial charge is 0.435 e. The fraction of sp³-hybridized carbons (Fsp3) is 0.444. The van der Waals surface area contributed by atoms with E-state index in [0.29, 0.717) is 24.7 Å². The van der Waals surface area contributed by atoms with Crippen LogP contribution in [0.5, 0.6) is 11.6 Å². The van der Waals surface area contributed by atoms with E-state index in [1.165, 1.54) is 6.07 Å². The third-order valence-electron chi connectivity index (χ3n) is 5.88. The van der Waals surface area contributed by atoms with Gasteiger partial charge in [0.15, 0.2) is 11.6 Å². The van der Waals surface area contributed by atoms with Gasteiger partial charge in [-0.1, -0.05) is 25.1 Å². The Bertz CT molecular complexity index is 1090. The van der Waals surface area contributed by atoms with Gasteiger partial charge in [0.05, 0.1) is 35.8 Å². The number of aliphatic hydroxyl groups is 1. The van der Waals surface area contributed by atoms with Crippen molar-refractivity contribution < 1.29 is 23.4 Å². The molecule has 3 rings (SSSR count). The van der Waals surface area contributed by atoms with Crippen LogP contribution in [0.2, 0.25) is 0 Å².